The molecule has 1 aliphatic rings. The van der Waals surface area contributed by atoms with Crippen molar-refractivity contribution in [2.45, 2.75) is 39.7 Å². The summed E-state index contributed by atoms with van der Waals surface area (Å²) in [5, 5.41) is 3.11. The molecule has 1 heterocycles. The van der Waals surface area contributed by atoms with Crippen LogP contribution < -0.4 is 11.1 Å². The smallest absolute Gasteiger partial charge is 0.232 e. The lowest BCUT2D eigenvalue weighted by Gasteiger charge is -2.28. The number of nitrogens with one attached hydrogen (secondary N) is 1. The molecule has 1 unspecified atom stereocenters. The number of sulfonamides is 1. The van der Waals surface area contributed by atoms with Gasteiger partial charge in [0.25, 0.3) is 0 Å². The van der Waals surface area contributed by atoms with Gasteiger partial charge in [0.05, 0.1) is 12.3 Å². The molecule has 0 bridgehead atoms. The Hall–Kier alpha value is -0.660. The van der Waals surface area contributed by atoms with Crippen LogP contribution in [-0.2, 0) is 14.8 Å². The van der Waals surface area contributed by atoms with E-state index in [-0.39, 0.29) is 23.8 Å². The molecule has 0 aromatic heterocycles. The fourth-order valence-electron chi connectivity index (χ4n) is 2.05. The first-order valence-electron chi connectivity index (χ1n) is 6.60. The second kappa shape index (κ2) is 6.19. The molecule has 3 N–H and O–H groups in total. The number of amides is 1. The van der Waals surface area contributed by atoms with Crippen LogP contribution in [0.2, 0.25) is 0 Å². The number of rotatable bonds is 6. The van der Waals surface area contributed by atoms with Crippen molar-refractivity contribution in [1.29, 1.82) is 0 Å². The average molecular weight is 291 g/mol. The lowest BCUT2D eigenvalue weighted by Crippen LogP contribution is -2.47. The Labute approximate surface area is 115 Å². The molecule has 19 heavy (non-hydrogen) atoms. The maximum atomic E-state index is 12.4. The number of hydrogen-bond donors (Lipinski definition) is 2. The number of hydrogen-bond acceptors (Lipinski definition) is 4. The Morgan fingerprint density at radius 2 is 2.05 bits per heavy atom. The molecule has 0 spiro atoms. The van der Waals surface area contributed by atoms with Gasteiger partial charge in [0, 0.05) is 12.6 Å². The van der Waals surface area contributed by atoms with Crippen molar-refractivity contribution in [2.75, 3.05) is 25.4 Å². The topological polar surface area (TPSA) is 92.5 Å². The Bertz CT molecular complexity index is 408. The van der Waals surface area contributed by atoms with Crippen molar-refractivity contribution in [3.05, 3.63) is 0 Å². The highest BCUT2D eigenvalue weighted by Gasteiger charge is 2.33. The standard InChI is InChI=1S/C12H25N3O3S/c1-12(2,3)5-7-19(17,18)15(9-11(13)16)10-4-6-14-8-10/h10,14H,4-9H2,1-3H3,(H2,13,16). The number of carbonyl (C=O) groups excluding carboxylic acids is 1. The largest absolute Gasteiger partial charge is 0.369 e. The highest BCUT2D eigenvalue weighted by molar-refractivity contribution is 7.89. The van der Waals surface area contributed by atoms with E-state index in [0.29, 0.717) is 13.0 Å². The molecule has 1 fully saturated rings. The van der Waals surface area contributed by atoms with E-state index in [1.807, 2.05) is 20.8 Å². The molecule has 0 radical (unpaired) electrons. The van der Waals surface area contributed by atoms with Crippen molar-refractivity contribution in [2.24, 2.45) is 11.1 Å². The van der Waals surface area contributed by atoms with Gasteiger partial charge in [-0.25, -0.2) is 8.42 Å². The second-order valence-electron chi connectivity index (χ2n) is 6.28. The van der Waals surface area contributed by atoms with E-state index in [0.717, 1.165) is 13.0 Å². The molecule has 1 aliphatic heterocycles. The predicted octanol–water partition coefficient (Wildman–Crippen LogP) is -0.0984. The van der Waals surface area contributed by atoms with Crippen molar-refractivity contribution < 1.29 is 13.2 Å². The maximum absolute atomic E-state index is 12.4. The molecule has 0 aromatic carbocycles. The van der Waals surface area contributed by atoms with Crippen LogP contribution in [0.5, 0.6) is 0 Å². The van der Waals surface area contributed by atoms with E-state index in [1.54, 1.807) is 0 Å². The lowest BCUT2D eigenvalue weighted by atomic mass is 9.94. The summed E-state index contributed by atoms with van der Waals surface area (Å²) < 4.78 is 26.1. The van der Waals surface area contributed by atoms with E-state index < -0.39 is 15.9 Å². The molecule has 0 aromatic rings. The Morgan fingerprint density at radius 3 is 2.47 bits per heavy atom. The van der Waals surface area contributed by atoms with Crippen LogP contribution in [0.15, 0.2) is 0 Å². The van der Waals surface area contributed by atoms with E-state index in [9.17, 15) is 13.2 Å². The van der Waals surface area contributed by atoms with Gasteiger partial charge in [-0.05, 0) is 24.8 Å². The van der Waals surface area contributed by atoms with Crippen LogP contribution in [0.1, 0.15) is 33.6 Å². The van der Waals surface area contributed by atoms with Gasteiger partial charge in [0.2, 0.25) is 15.9 Å². The Balaban J connectivity index is 2.79. The zero-order valence-electron chi connectivity index (χ0n) is 12.0. The van der Waals surface area contributed by atoms with Gasteiger partial charge in [-0.3, -0.25) is 4.79 Å². The Morgan fingerprint density at radius 1 is 1.42 bits per heavy atom. The molecule has 1 saturated heterocycles. The van der Waals surface area contributed by atoms with Crippen molar-refractivity contribution in [3.8, 4) is 0 Å². The van der Waals surface area contributed by atoms with Crippen molar-refractivity contribution in [1.82, 2.24) is 9.62 Å². The quantitative estimate of drug-likeness (QED) is 0.715. The second-order valence-corrected chi connectivity index (χ2v) is 8.33. The fraction of sp³-hybridized carbons (Fsp3) is 0.917. The average Bonchev–Trinajstić information content (AvgIpc) is 2.75. The SMILES string of the molecule is CC(C)(C)CCS(=O)(=O)N(CC(N)=O)C1CCNC1. The summed E-state index contributed by atoms with van der Waals surface area (Å²) in [7, 11) is -3.44. The van der Waals surface area contributed by atoms with Gasteiger partial charge in [0.15, 0.2) is 0 Å². The van der Waals surface area contributed by atoms with Crippen LogP contribution in [0.25, 0.3) is 0 Å². The summed E-state index contributed by atoms with van der Waals surface area (Å²) in [6.07, 6.45) is 1.28. The summed E-state index contributed by atoms with van der Waals surface area (Å²) in [5.74, 6) is -0.550. The van der Waals surface area contributed by atoms with E-state index in [4.69, 9.17) is 5.73 Å². The molecule has 0 saturated carbocycles. The zero-order valence-corrected chi connectivity index (χ0v) is 12.8. The zero-order chi connectivity index (χ0) is 14.7. The highest BCUT2D eigenvalue weighted by Crippen LogP contribution is 2.22. The molecule has 0 aliphatic carbocycles. The molecular formula is C12H25N3O3S. The maximum Gasteiger partial charge on any atom is 0.232 e. The van der Waals surface area contributed by atoms with Gasteiger partial charge in [-0.1, -0.05) is 20.8 Å². The summed E-state index contributed by atoms with van der Waals surface area (Å²) in [5.41, 5.74) is 5.12. The predicted molar refractivity (Wildman–Crippen MR) is 75.0 cm³/mol. The van der Waals surface area contributed by atoms with Crippen molar-refractivity contribution >= 4 is 15.9 Å². The summed E-state index contributed by atoms with van der Waals surface area (Å²) >= 11 is 0. The van der Waals surface area contributed by atoms with Gasteiger partial charge in [-0.15, -0.1) is 0 Å². The molecule has 1 atom stereocenters. The molecule has 7 heteroatoms. The van der Waals surface area contributed by atoms with Crippen LogP contribution >= 0.6 is 0 Å². The minimum atomic E-state index is -3.44. The minimum Gasteiger partial charge on any atom is -0.369 e. The Kier molecular flexibility index (Phi) is 5.34. The monoisotopic (exact) mass is 291 g/mol. The molecule has 1 rings (SSSR count). The first-order chi connectivity index (χ1) is 8.62. The van der Waals surface area contributed by atoms with Crippen LogP contribution in [0, 0.1) is 5.41 Å². The van der Waals surface area contributed by atoms with E-state index in [1.165, 1.54) is 4.31 Å². The summed E-state index contributed by atoms with van der Waals surface area (Å²) in [6.45, 7) is 7.13. The van der Waals surface area contributed by atoms with E-state index in [2.05, 4.69) is 5.32 Å². The van der Waals surface area contributed by atoms with Crippen LogP contribution in [0.4, 0.5) is 0 Å². The third-order valence-electron chi connectivity index (χ3n) is 3.22. The van der Waals surface area contributed by atoms with Crippen LogP contribution in [0.3, 0.4) is 0 Å². The van der Waals surface area contributed by atoms with Gasteiger partial charge in [0.1, 0.15) is 0 Å². The fourth-order valence-corrected chi connectivity index (χ4v) is 4.11. The minimum absolute atomic E-state index is 0.0558. The summed E-state index contributed by atoms with van der Waals surface area (Å²) in [6, 6.07) is -0.155. The lowest BCUT2D eigenvalue weighted by molar-refractivity contribution is -0.118. The van der Waals surface area contributed by atoms with Crippen molar-refractivity contribution in [3.63, 3.8) is 0 Å². The van der Waals surface area contributed by atoms with Gasteiger partial charge in [-0.2, -0.15) is 4.31 Å². The normalized spacial score (nSPS) is 20.9. The number of nitrogens with two attached hydrogens (primary N) is 1. The highest BCUT2D eigenvalue weighted by atomic mass is 32.2. The third-order valence-corrected chi connectivity index (χ3v) is 5.08. The van der Waals surface area contributed by atoms with Gasteiger partial charge >= 0.3 is 0 Å². The molecular weight excluding hydrogens is 266 g/mol. The number of primary amides is 1. The molecule has 1 amide bonds. The third kappa shape index (κ3) is 5.46. The number of carbonyl (C=O) groups is 1. The summed E-state index contributed by atoms with van der Waals surface area (Å²) in [4.78, 5) is 11.1. The van der Waals surface area contributed by atoms with E-state index >= 15 is 0 Å². The van der Waals surface area contributed by atoms with Gasteiger partial charge < -0.3 is 11.1 Å². The number of nitrogens with zero attached hydrogens (tertiary/aromatic N) is 1. The molecule has 112 valence electrons. The first kappa shape index (κ1) is 16.4. The first-order valence-corrected chi connectivity index (χ1v) is 8.21. The van der Waals surface area contributed by atoms with Crippen LogP contribution in [-0.4, -0.2) is 50.1 Å². The molecule has 6 nitrogen and oxygen atoms in total.